The summed E-state index contributed by atoms with van der Waals surface area (Å²) in [4.78, 5) is 28.6. The molecule has 0 atom stereocenters. The van der Waals surface area contributed by atoms with Crippen molar-refractivity contribution in [1.82, 2.24) is 10.3 Å². The van der Waals surface area contributed by atoms with Gasteiger partial charge in [0.15, 0.2) is 5.78 Å². The van der Waals surface area contributed by atoms with Gasteiger partial charge >= 0.3 is 0 Å². The normalized spacial score (nSPS) is 9.88. The first-order valence-corrected chi connectivity index (χ1v) is 10.6. The van der Waals surface area contributed by atoms with E-state index in [0.717, 1.165) is 29.3 Å². The van der Waals surface area contributed by atoms with Crippen LogP contribution in [0.3, 0.4) is 0 Å². The minimum Gasteiger partial charge on any atom is -0.399 e. The zero-order chi connectivity index (χ0) is 25.1. The fourth-order valence-electron chi connectivity index (χ4n) is 2.65. The lowest BCUT2D eigenvalue weighted by Gasteiger charge is -2.17. The van der Waals surface area contributed by atoms with E-state index >= 15 is 0 Å². The van der Waals surface area contributed by atoms with Gasteiger partial charge in [-0.05, 0) is 43.2 Å². The topological polar surface area (TPSA) is 100 Å². The van der Waals surface area contributed by atoms with Gasteiger partial charge in [-0.25, -0.2) is 4.98 Å². The van der Waals surface area contributed by atoms with Crippen molar-refractivity contribution < 1.29 is 9.59 Å². The van der Waals surface area contributed by atoms with Gasteiger partial charge in [0.25, 0.3) is 5.91 Å². The summed E-state index contributed by atoms with van der Waals surface area (Å²) >= 11 is 0. The number of nitrogens with one attached hydrogen (secondary N) is 2. The first kappa shape index (κ1) is 27.2. The number of hydrogen-bond acceptors (Lipinski definition) is 6. The molecular formula is C26H35N5O2. The van der Waals surface area contributed by atoms with Crippen LogP contribution in [-0.2, 0) is 0 Å². The maximum absolute atomic E-state index is 11.6. The second-order valence-electron chi connectivity index (χ2n) is 7.86. The Balaban J connectivity index is 0.000000335. The molecule has 0 radical (unpaired) electrons. The maximum atomic E-state index is 11.6. The first-order chi connectivity index (χ1) is 15.5. The summed E-state index contributed by atoms with van der Waals surface area (Å²) in [6, 6.07) is 8.89. The zero-order valence-corrected chi connectivity index (χ0v) is 20.2. The van der Waals surface area contributed by atoms with Gasteiger partial charge in [0.2, 0.25) is 0 Å². The number of Topliss-reactive ketones (excluding diaryl/α,β-unsaturated/α-hetero) is 1. The van der Waals surface area contributed by atoms with Crippen molar-refractivity contribution in [2.45, 2.75) is 20.8 Å². The number of hydrogen-bond donors (Lipinski definition) is 3. The number of nitrogens with zero attached hydrogens (tertiary/aromatic N) is 2. The van der Waals surface area contributed by atoms with Crippen LogP contribution in [0.4, 0.5) is 11.5 Å². The number of amides is 1. The molecule has 0 spiro atoms. The second kappa shape index (κ2) is 12.9. The van der Waals surface area contributed by atoms with E-state index in [2.05, 4.69) is 49.2 Å². The molecule has 7 nitrogen and oxygen atoms in total. The summed E-state index contributed by atoms with van der Waals surface area (Å²) in [5.74, 6) is 1.15. The molecule has 176 valence electrons. The molecule has 1 aromatic heterocycles. The standard InChI is InChI=1S/C14H21N3O.C12H14N2O/c1-9(2)8-17-13-7-11(14(18)16-4)5-6-12(13)10(3)15;1-5-9(2)14(4)12-7-6-11(8-13-12)10(3)15/h5-7,9,17H,3,8,15H2,1-2,4H3,(H,16,18);5-8H,1-2H2,3-4H3. The lowest BCUT2D eigenvalue weighted by molar-refractivity contribution is 0.0962. The number of carbonyl (C=O) groups is 2. The summed E-state index contributed by atoms with van der Waals surface area (Å²) in [5.41, 5.74) is 9.89. The van der Waals surface area contributed by atoms with Gasteiger partial charge in [0.05, 0.1) is 0 Å². The van der Waals surface area contributed by atoms with Crippen LogP contribution in [0, 0.1) is 5.92 Å². The van der Waals surface area contributed by atoms with Crippen LogP contribution in [-0.4, -0.2) is 37.3 Å². The van der Waals surface area contributed by atoms with E-state index in [4.69, 9.17) is 5.73 Å². The summed E-state index contributed by atoms with van der Waals surface area (Å²) in [7, 11) is 3.46. The molecule has 0 bridgehead atoms. The number of allylic oxidation sites excluding steroid dienone is 1. The van der Waals surface area contributed by atoms with E-state index < -0.39 is 0 Å². The minimum atomic E-state index is -0.114. The fraction of sp³-hybridized carbons (Fsp3) is 0.269. The highest BCUT2D eigenvalue weighted by molar-refractivity contribution is 5.96. The molecule has 2 aromatic rings. The first-order valence-electron chi connectivity index (χ1n) is 10.6. The van der Waals surface area contributed by atoms with Crippen molar-refractivity contribution in [2.24, 2.45) is 11.7 Å². The third kappa shape index (κ3) is 8.29. The average Bonchev–Trinajstić information content (AvgIpc) is 2.81. The highest BCUT2D eigenvalue weighted by atomic mass is 16.1. The number of anilines is 2. The number of aromatic nitrogens is 1. The van der Waals surface area contributed by atoms with Crippen molar-refractivity contribution in [3.63, 3.8) is 0 Å². The Hall–Kier alpha value is -3.87. The van der Waals surface area contributed by atoms with Gasteiger partial charge in [0.1, 0.15) is 5.82 Å². The molecule has 0 fully saturated rings. The van der Waals surface area contributed by atoms with E-state index in [9.17, 15) is 9.59 Å². The van der Waals surface area contributed by atoms with E-state index in [1.54, 1.807) is 48.5 Å². The van der Waals surface area contributed by atoms with Gasteiger partial charge in [0, 0.05) is 60.6 Å². The van der Waals surface area contributed by atoms with Crippen molar-refractivity contribution in [3.8, 4) is 0 Å². The van der Waals surface area contributed by atoms with Crippen LogP contribution in [0.25, 0.3) is 5.70 Å². The third-order valence-corrected chi connectivity index (χ3v) is 4.72. The molecule has 7 heteroatoms. The van der Waals surface area contributed by atoms with Gasteiger partial charge in [-0.15, -0.1) is 0 Å². The van der Waals surface area contributed by atoms with E-state index in [-0.39, 0.29) is 11.7 Å². The molecule has 2 rings (SSSR count). The van der Waals surface area contributed by atoms with E-state index in [0.29, 0.717) is 22.7 Å². The van der Waals surface area contributed by atoms with Gasteiger partial charge < -0.3 is 21.3 Å². The van der Waals surface area contributed by atoms with Crippen molar-refractivity contribution in [2.75, 3.05) is 30.9 Å². The fourth-order valence-corrected chi connectivity index (χ4v) is 2.65. The quantitative estimate of drug-likeness (QED) is 0.386. The lowest BCUT2D eigenvalue weighted by atomic mass is 10.1. The Bertz CT molecular complexity index is 1010. The van der Waals surface area contributed by atoms with Crippen LogP contribution in [0.5, 0.6) is 0 Å². The maximum Gasteiger partial charge on any atom is 0.251 e. The predicted molar refractivity (Wildman–Crippen MR) is 138 cm³/mol. The summed E-state index contributed by atoms with van der Waals surface area (Å²) in [5, 5.41) is 5.89. The smallest absolute Gasteiger partial charge is 0.251 e. The van der Waals surface area contributed by atoms with Crippen molar-refractivity contribution >= 4 is 28.9 Å². The Morgan fingerprint density at radius 3 is 2.27 bits per heavy atom. The number of likely N-dealkylation sites (N-methyl/N-ethyl adjacent to an activating group) is 1. The Labute approximate surface area is 197 Å². The Kier molecular flexibility index (Phi) is 10.6. The number of pyridine rings is 1. The number of benzene rings is 1. The summed E-state index contributed by atoms with van der Waals surface area (Å²) in [6.45, 7) is 17.8. The monoisotopic (exact) mass is 449 g/mol. The summed E-state index contributed by atoms with van der Waals surface area (Å²) < 4.78 is 0. The number of carbonyl (C=O) groups excluding carboxylic acids is 2. The molecule has 4 N–H and O–H groups in total. The third-order valence-electron chi connectivity index (χ3n) is 4.72. The zero-order valence-electron chi connectivity index (χ0n) is 20.2. The number of nitrogens with two attached hydrogens (primary N) is 1. The van der Waals surface area contributed by atoms with Crippen LogP contribution >= 0.6 is 0 Å². The molecule has 0 unspecified atom stereocenters. The highest BCUT2D eigenvalue weighted by Gasteiger charge is 2.10. The van der Waals surface area contributed by atoms with Crippen LogP contribution in [0.1, 0.15) is 47.1 Å². The molecule has 1 aromatic carbocycles. The molecule has 0 aliphatic rings. The molecule has 0 saturated heterocycles. The Morgan fingerprint density at radius 2 is 1.82 bits per heavy atom. The number of rotatable bonds is 9. The predicted octanol–water partition coefficient (Wildman–Crippen LogP) is 4.46. The molecule has 1 heterocycles. The van der Waals surface area contributed by atoms with Gasteiger partial charge in [-0.3, -0.25) is 9.59 Å². The van der Waals surface area contributed by atoms with E-state index in [1.165, 1.54) is 6.92 Å². The Morgan fingerprint density at radius 1 is 1.18 bits per heavy atom. The van der Waals surface area contributed by atoms with Crippen LogP contribution in [0.15, 0.2) is 68.0 Å². The largest absolute Gasteiger partial charge is 0.399 e. The molecule has 1 amide bonds. The average molecular weight is 450 g/mol. The van der Waals surface area contributed by atoms with Gasteiger partial charge in [-0.1, -0.05) is 39.7 Å². The molecule has 0 aliphatic heterocycles. The lowest BCUT2D eigenvalue weighted by Crippen LogP contribution is -2.18. The summed E-state index contributed by atoms with van der Waals surface area (Å²) in [6.07, 6.45) is 3.21. The van der Waals surface area contributed by atoms with Crippen molar-refractivity contribution in [3.05, 3.63) is 84.7 Å². The minimum absolute atomic E-state index is 0.0132. The van der Waals surface area contributed by atoms with E-state index in [1.807, 2.05) is 13.1 Å². The second-order valence-corrected chi connectivity index (χ2v) is 7.86. The van der Waals surface area contributed by atoms with Crippen LogP contribution in [0.2, 0.25) is 0 Å². The molecule has 0 saturated carbocycles. The van der Waals surface area contributed by atoms with Crippen LogP contribution < -0.4 is 21.3 Å². The molecule has 0 aliphatic carbocycles. The molecular weight excluding hydrogens is 414 g/mol. The van der Waals surface area contributed by atoms with Crippen molar-refractivity contribution in [1.29, 1.82) is 0 Å². The highest BCUT2D eigenvalue weighted by Crippen LogP contribution is 2.22. The van der Waals surface area contributed by atoms with Gasteiger partial charge in [-0.2, -0.15) is 0 Å². The molecule has 33 heavy (non-hydrogen) atoms. The number of ketones is 1. The SMILES string of the molecule is C=C(N)c1ccc(C(=O)NC)cc1NCC(C)C.C=CC(=C)N(C)c1ccc(C(C)=O)cn1.